The molecule has 0 aliphatic carbocycles. The lowest BCUT2D eigenvalue weighted by Crippen LogP contribution is -2.06. The molecule has 130 valence electrons. The Morgan fingerprint density at radius 2 is 1.17 bits per heavy atom. The van der Waals surface area contributed by atoms with Gasteiger partial charge >= 0.3 is 0 Å². The van der Waals surface area contributed by atoms with Crippen molar-refractivity contribution in [3.05, 3.63) is 48.3 Å². The summed E-state index contributed by atoms with van der Waals surface area (Å²) in [5, 5.41) is 10.6. The molecule has 2 aromatic carbocycles. The second-order valence-corrected chi connectivity index (χ2v) is 6.97. The number of hydrogen-bond donors (Lipinski definition) is 1. The van der Waals surface area contributed by atoms with Gasteiger partial charge in [-0.05, 0) is 6.07 Å². The van der Waals surface area contributed by atoms with E-state index in [1.165, 1.54) is 18.2 Å². The largest absolute Gasteiger partial charge is 0.508 e. The summed E-state index contributed by atoms with van der Waals surface area (Å²) in [5.74, 6) is 0.514. The maximum Gasteiger partial charge on any atom is 0.158 e. The number of phenolic OH excluding ortho intramolecular Hbond substituents is 1. The van der Waals surface area contributed by atoms with Gasteiger partial charge in [0.25, 0.3) is 0 Å². The minimum absolute atomic E-state index is 0.0374. The molecule has 0 bridgehead atoms. The minimum atomic E-state index is -0.0374. The smallest absolute Gasteiger partial charge is 0.158 e. The summed E-state index contributed by atoms with van der Waals surface area (Å²) >= 11 is 35.8. The number of rotatable bonds is 6. The van der Waals surface area contributed by atoms with Crippen LogP contribution >= 0.6 is 69.6 Å². The van der Waals surface area contributed by atoms with Crippen LogP contribution in [0.2, 0.25) is 30.1 Å². The third kappa shape index (κ3) is 4.81. The van der Waals surface area contributed by atoms with Crippen molar-refractivity contribution >= 4 is 69.6 Å². The van der Waals surface area contributed by atoms with Crippen LogP contribution in [0.3, 0.4) is 0 Å². The zero-order valence-corrected chi connectivity index (χ0v) is 16.4. The summed E-state index contributed by atoms with van der Waals surface area (Å²) in [7, 11) is 0. The first-order valence-electron chi connectivity index (χ1n) is 6.58. The van der Waals surface area contributed by atoms with E-state index in [4.69, 9.17) is 79.1 Å². The van der Waals surface area contributed by atoms with E-state index in [0.29, 0.717) is 12.2 Å². The molecule has 0 atom stereocenters. The Balaban J connectivity index is 1.90. The first-order chi connectivity index (χ1) is 11.3. The fourth-order valence-corrected chi connectivity index (χ4v) is 3.37. The molecule has 0 saturated heterocycles. The van der Waals surface area contributed by atoms with Crippen LogP contribution in [0.4, 0.5) is 0 Å². The highest BCUT2D eigenvalue weighted by atomic mass is 35.5. The molecule has 0 saturated carbocycles. The zero-order valence-electron chi connectivity index (χ0n) is 11.9. The van der Waals surface area contributed by atoms with E-state index < -0.39 is 0 Å². The molecule has 2 rings (SSSR count). The zero-order chi connectivity index (χ0) is 17.9. The SMILES string of the molecule is Oc1cc(Cl)c(OCCCOc2c(Cl)cc(Cl)c(Cl)c2Cl)c(Cl)c1. The van der Waals surface area contributed by atoms with Crippen LogP contribution in [0.25, 0.3) is 0 Å². The molecule has 0 spiro atoms. The first-order valence-corrected chi connectivity index (χ1v) is 8.84. The highest BCUT2D eigenvalue weighted by Crippen LogP contribution is 2.42. The molecule has 1 N–H and O–H groups in total. The molecule has 0 fully saturated rings. The summed E-state index contributed by atoms with van der Waals surface area (Å²) in [6.07, 6.45) is 0.500. The molecule has 0 aliphatic heterocycles. The summed E-state index contributed by atoms with van der Waals surface area (Å²) in [5.41, 5.74) is 0. The van der Waals surface area contributed by atoms with E-state index >= 15 is 0 Å². The summed E-state index contributed by atoms with van der Waals surface area (Å²) in [6, 6.07) is 4.14. The van der Waals surface area contributed by atoms with Gasteiger partial charge in [0.05, 0.1) is 38.3 Å². The first kappa shape index (κ1) is 19.9. The topological polar surface area (TPSA) is 38.7 Å². The van der Waals surface area contributed by atoms with Crippen LogP contribution < -0.4 is 9.47 Å². The van der Waals surface area contributed by atoms with Crippen molar-refractivity contribution in [3.8, 4) is 17.2 Å². The van der Waals surface area contributed by atoms with E-state index in [0.717, 1.165) is 0 Å². The van der Waals surface area contributed by atoms with Crippen molar-refractivity contribution in [2.24, 2.45) is 0 Å². The van der Waals surface area contributed by atoms with Gasteiger partial charge in [-0.3, -0.25) is 0 Å². The standard InChI is InChI=1S/C15H10Cl6O3/c16-8-6-11(19)15(13(21)12(8)20)24-3-1-2-23-14-9(17)4-7(22)5-10(14)18/h4-6,22H,1-3H2. The molecular formula is C15H10Cl6O3. The van der Waals surface area contributed by atoms with Gasteiger partial charge < -0.3 is 14.6 Å². The van der Waals surface area contributed by atoms with Gasteiger partial charge in [0.2, 0.25) is 0 Å². The average molecular weight is 451 g/mol. The van der Waals surface area contributed by atoms with Crippen molar-refractivity contribution < 1.29 is 14.6 Å². The van der Waals surface area contributed by atoms with Crippen LogP contribution in [0.5, 0.6) is 17.2 Å². The van der Waals surface area contributed by atoms with Gasteiger partial charge in [-0.25, -0.2) is 0 Å². The normalized spacial score (nSPS) is 10.8. The molecule has 0 heterocycles. The van der Waals surface area contributed by atoms with Crippen molar-refractivity contribution in [1.82, 2.24) is 0 Å². The van der Waals surface area contributed by atoms with Gasteiger partial charge in [0, 0.05) is 18.6 Å². The third-order valence-corrected chi connectivity index (χ3v) is 4.92. The molecule has 0 amide bonds. The number of halogens is 6. The lowest BCUT2D eigenvalue weighted by Gasteiger charge is -2.13. The maximum absolute atomic E-state index is 9.36. The average Bonchev–Trinajstić information content (AvgIpc) is 2.49. The Hall–Kier alpha value is -0.420. The Labute approximate surface area is 168 Å². The summed E-state index contributed by atoms with van der Waals surface area (Å²) in [6.45, 7) is 0.547. The second kappa shape index (κ2) is 8.79. The summed E-state index contributed by atoms with van der Waals surface area (Å²) < 4.78 is 11.0. The second-order valence-electron chi connectivity index (χ2n) is 4.59. The number of hydrogen-bond acceptors (Lipinski definition) is 3. The van der Waals surface area contributed by atoms with E-state index in [2.05, 4.69) is 0 Å². The van der Waals surface area contributed by atoms with E-state index in [9.17, 15) is 5.11 Å². The maximum atomic E-state index is 9.36. The van der Waals surface area contributed by atoms with Crippen LogP contribution in [0.1, 0.15) is 6.42 Å². The monoisotopic (exact) mass is 448 g/mol. The van der Waals surface area contributed by atoms with Crippen molar-refractivity contribution in [3.63, 3.8) is 0 Å². The van der Waals surface area contributed by atoms with Crippen molar-refractivity contribution in [1.29, 1.82) is 0 Å². The Kier molecular flexibility index (Phi) is 7.29. The van der Waals surface area contributed by atoms with E-state index in [1.807, 2.05) is 0 Å². The Morgan fingerprint density at radius 1 is 0.667 bits per heavy atom. The molecule has 0 aromatic heterocycles. The minimum Gasteiger partial charge on any atom is -0.508 e. The number of phenols is 1. The van der Waals surface area contributed by atoms with Gasteiger partial charge in [-0.15, -0.1) is 0 Å². The molecule has 0 aliphatic rings. The van der Waals surface area contributed by atoms with Crippen LogP contribution in [0, 0.1) is 0 Å². The fourth-order valence-electron chi connectivity index (χ4n) is 1.77. The molecule has 2 aromatic rings. The van der Waals surface area contributed by atoms with Crippen molar-refractivity contribution in [2.75, 3.05) is 13.2 Å². The van der Waals surface area contributed by atoms with E-state index in [-0.39, 0.29) is 54.8 Å². The molecule has 0 unspecified atom stereocenters. The highest BCUT2D eigenvalue weighted by molar-refractivity contribution is 6.50. The quantitative estimate of drug-likeness (QED) is 0.288. The van der Waals surface area contributed by atoms with Crippen LogP contribution in [0.15, 0.2) is 18.2 Å². The molecule has 0 radical (unpaired) electrons. The van der Waals surface area contributed by atoms with E-state index in [1.54, 1.807) is 0 Å². The third-order valence-electron chi connectivity index (χ3n) is 2.84. The van der Waals surface area contributed by atoms with Crippen LogP contribution in [-0.4, -0.2) is 18.3 Å². The van der Waals surface area contributed by atoms with Gasteiger partial charge in [-0.2, -0.15) is 0 Å². The van der Waals surface area contributed by atoms with Crippen molar-refractivity contribution in [2.45, 2.75) is 6.42 Å². The highest BCUT2D eigenvalue weighted by Gasteiger charge is 2.15. The van der Waals surface area contributed by atoms with Gasteiger partial charge in [0.1, 0.15) is 10.8 Å². The number of benzene rings is 2. The predicted molar refractivity (Wildman–Crippen MR) is 100 cm³/mol. The van der Waals surface area contributed by atoms with Gasteiger partial charge in [0.15, 0.2) is 11.5 Å². The lowest BCUT2D eigenvalue weighted by atomic mass is 10.3. The number of ether oxygens (including phenoxy) is 2. The molecule has 24 heavy (non-hydrogen) atoms. The summed E-state index contributed by atoms with van der Waals surface area (Å²) in [4.78, 5) is 0. The molecular weight excluding hydrogens is 441 g/mol. The lowest BCUT2D eigenvalue weighted by molar-refractivity contribution is 0.247. The molecule has 3 nitrogen and oxygen atoms in total. The van der Waals surface area contributed by atoms with Crippen LogP contribution in [-0.2, 0) is 0 Å². The molecule has 9 heteroatoms. The van der Waals surface area contributed by atoms with Gasteiger partial charge in [-0.1, -0.05) is 69.6 Å². The number of aromatic hydroxyl groups is 1. The fraction of sp³-hybridized carbons (Fsp3) is 0.200. The predicted octanol–water partition coefficient (Wildman–Crippen LogP) is 7.16. The Morgan fingerprint density at radius 3 is 1.75 bits per heavy atom. The Bertz CT molecular complexity index is 727.